The molecule has 1 atom stereocenters. The van der Waals surface area contributed by atoms with Gasteiger partial charge in [0.1, 0.15) is 11.9 Å². The third-order valence-corrected chi connectivity index (χ3v) is 5.58. The fourth-order valence-electron chi connectivity index (χ4n) is 2.15. The molecule has 0 fully saturated rings. The molecule has 0 radical (unpaired) electrons. The minimum atomic E-state index is -0.632. The first kappa shape index (κ1) is 13.6. The first-order chi connectivity index (χ1) is 9.70. The van der Waals surface area contributed by atoms with Crippen molar-refractivity contribution in [2.24, 2.45) is 0 Å². The lowest BCUT2D eigenvalue weighted by Gasteiger charge is -2.10. The average Bonchev–Trinajstić information content (AvgIpc) is 2.84. The van der Waals surface area contributed by atoms with Crippen LogP contribution in [0.1, 0.15) is 16.5 Å². The summed E-state index contributed by atoms with van der Waals surface area (Å²) >= 11 is 5.21. The molecule has 0 bridgehead atoms. The molecule has 1 aromatic heterocycles. The van der Waals surface area contributed by atoms with Gasteiger partial charge in [-0.3, -0.25) is 0 Å². The van der Waals surface area contributed by atoms with Crippen molar-refractivity contribution < 1.29 is 9.84 Å². The largest absolute Gasteiger partial charge is 0.497 e. The smallest absolute Gasteiger partial charge is 0.118 e. The normalized spacial score (nSPS) is 12.6. The first-order valence-electron chi connectivity index (χ1n) is 6.19. The second-order valence-electron chi connectivity index (χ2n) is 4.45. The number of thiophene rings is 1. The highest BCUT2D eigenvalue weighted by Crippen LogP contribution is 2.41. The van der Waals surface area contributed by atoms with Gasteiger partial charge in [0, 0.05) is 14.6 Å². The molecule has 0 amide bonds. The van der Waals surface area contributed by atoms with Gasteiger partial charge < -0.3 is 9.84 Å². The van der Waals surface area contributed by atoms with E-state index in [9.17, 15) is 5.11 Å². The van der Waals surface area contributed by atoms with Crippen molar-refractivity contribution in [2.45, 2.75) is 6.10 Å². The van der Waals surface area contributed by atoms with Crippen molar-refractivity contribution >= 4 is 37.4 Å². The molecule has 0 aliphatic carbocycles. The van der Waals surface area contributed by atoms with Crippen LogP contribution in [-0.4, -0.2) is 12.2 Å². The molecular formula is C16H13BrO2S. The van der Waals surface area contributed by atoms with Gasteiger partial charge in [-0.2, -0.15) is 0 Å². The average molecular weight is 349 g/mol. The van der Waals surface area contributed by atoms with Gasteiger partial charge in [0.25, 0.3) is 0 Å². The molecule has 2 aromatic carbocycles. The van der Waals surface area contributed by atoms with Crippen molar-refractivity contribution in [2.75, 3.05) is 7.11 Å². The number of halogens is 1. The highest BCUT2D eigenvalue weighted by Gasteiger charge is 2.18. The van der Waals surface area contributed by atoms with Crippen LogP contribution >= 0.6 is 27.3 Å². The van der Waals surface area contributed by atoms with Crippen LogP contribution < -0.4 is 4.74 Å². The van der Waals surface area contributed by atoms with Gasteiger partial charge in [-0.15, -0.1) is 11.3 Å². The first-order valence-corrected chi connectivity index (χ1v) is 7.80. The van der Waals surface area contributed by atoms with E-state index in [1.807, 2.05) is 36.4 Å². The molecule has 1 unspecified atom stereocenters. The Hall–Kier alpha value is -1.36. The van der Waals surface area contributed by atoms with Crippen molar-refractivity contribution in [3.63, 3.8) is 0 Å². The maximum absolute atomic E-state index is 10.6. The molecule has 3 rings (SSSR count). The zero-order valence-electron chi connectivity index (χ0n) is 10.8. The summed E-state index contributed by atoms with van der Waals surface area (Å²) in [7, 11) is 1.63. The lowest BCUT2D eigenvalue weighted by molar-refractivity contribution is 0.223. The number of rotatable bonds is 3. The second kappa shape index (κ2) is 5.56. The van der Waals surface area contributed by atoms with Gasteiger partial charge in [-0.25, -0.2) is 0 Å². The Morgan fingerprint density at radius 2 is 1.80 bits per heavy atom. The Kier molecular flexibility index (Phi) is 3.78. The maximum Gasteiger partial charge on any atom is 0.118 e. The Morgan fingerprint density at radius 1 is 1.10 bits per heavy atom. The molecule has 0 saturated carbocycles. The van der Waals surface area contributed by atoms with Crippen LogP contribution in [0.15, 0.2) is 53.0 Å². The van der Waals surface area contributed by atoms with E-state index in [1.165, 1.54) is 4.70 Å². The van der Waals surface area contributed by atoms with Crippen LogP contribution in [0, 0.1) is 0 Å². The fraction of sp³-hybridized carbons (Fsp3) is 0.125. The van der Waals surface area contributed by atoms with Crippen LogP contribution in [-0.2, 0) is 0 Å². The van der Waals surface area contributed by atoms with E-state index in [0.29, 0.717) is 0 Å². The van der Waals surface area contributed by atoms with Gasteiger partial charge in [0.2, 0.25) is 0 Å². The molecule has 1 N–H and O–H groups in total. The number of hydrogen-bond acceptors (Lipinski definition) is 3. The number of methoxy groups -OCH3 is 1. The van der Waals surface area contributed by atoms with Crippen molar-refractivity contribution in [3.05, 3.63) is 63.4 Å². The third-order valence-electron chi connectivity index (χ3n) is 3.24. The Labute approximate surface area is 129 Å². The predicted molar refractivity (Wildman–Crippen MR) is 86.6 cm³/mol. The van der Waals surface area contributed by atoms with E-state index in [1.54, 1.807) is 18.4 Å². The van der Waals surface area contributed by atoms with E-state index in [0.717, 1.165) is 26.0 Å². The van der Waals surface area contributed by atoms with Gasteiger partial charge in [-0.05, 0) is 39.7 Å². The lowest BCUT2D eigenvalue weighted by atomic mass is 10.1. The molecule has 102 valence electrons. The number of ether oxygens (including phenoxy) is 1. The zero-order chi connectivity index (χ0) is 14.1. The summed E-state index contributed by atoms with van der Waals surface area (Å²) in [4.78, 5) is 0.927. The summed E-state index contributed by atoms with van der Waals surface area (Å²) in [5.41, 5.74) is 0.859. The van der Waals surface area contributed by atoms with Gasteiger partial charge >= 0.3 is 0 Å². The molecule has 0 spiro atoms. The molecule has 20 heavy (non-hydrogen) atoms. The molecule has 0 aliphatic rings. The predicted octanol–water partition coefficient (Wildman–Crippen LogP) is 4.75. The van der Waals surface area contributed by atoms with E-state index in [2.05, 4.69) is 28.1 Å². The minimum absolute atomic E-state index is 0.632. The van der Waals surface area contributed by atoms with Crippen LogP contribution in [0.5, 0.6) is 5.75 Å². The van der Waals surface area contributed by atoms with E-state index >= 15 is 0 Å². The maximum atomic E-state index is 10.6. The van der Waals surface area contributed by atoms with Crippen molar-refractivity contribution in [3.8, 4) is 5.75 Å². The van der Waals surface area contributed by atoms with Gasteiger partial charge in [0.05, 0.1) is 12.0 Å². The van der Waals surface area contributed by atoms with Gasteiger partial charge in [-0.1, -0.05) is 30.3 Å². The summed E-state index contributed by atoms with van der Waals surface area (Å²) in [6.07, 6.45) is -0.632. The van der Waals surface area contributed by atoms with E-state index < -0.39 is 6.10 Å². The number of hydrogen-bond donors (Lipinski definition) is 1. The highest BCUT2D eigenvalue weighted by molar-refractivity contribution is 9.10. The summed E-state index contributed by atoms with van der Waals surface area (Å²) in [6, 6.07) is 15.6. The van der Waals surface area contributed by atoms with E-state index in [4.69, 9.17) is 4.74 Å². The van der Waals surface area contributed by atoms with Crippen LogP contribution in [0.4, 0.5) is 0 Å². The van der Waals surface area contributed by atoms with Gasteiger partial charge in [0.15, 0.2) is 0 Å². The zero-order valence-corrected chi connectivity index (χ0v) is 13.2. The molecule has 2 nitrogen and oxygen atoms in total. The van der Waals surface area contributed by atoms with Crippen LogP contribution in [0.2, 0.25) is 0 Å². The monoisotopic (exact) mass is 348 g/mol. The molecule has 4 heteroatoms. The van der Waals surface area contributed by atoms with E-state index in [-0.39, 0.29) is 0 Å². The van der Waals surface area contributed by atoms with Crippen LogP contribution in [0.3, 0.4) is 0 Å². The number of benzene rings is 2. The number of aliphatic hydroxyl groups excluding tert-OH is 1. The topological polar surface area (TPSA) is 29.5 Å². The second-order valence-corrected chi connectivity index (χ2v) is 6.33. The lowest BCUT2D eigenvalue weighted by Crippen LogP contribution is -1.97. The standard InChI is InChI=1S/C16H13BrO2S/c1-19-11-8-6-10(7-9-11)15(18)16-14(17)12-4-2-3-5-13(12)20-16/h2-9,15,18H,1H3. The Bertz CT molecular complexity index is 734. The SMILES string of the molecule is COc1ccc(C(O)c2sc3ccccc3c2Br)cc1. The quantitative estimate of drug-likeness (QED) is 0.739. The Morgan fingerprint density at radius 3 is 2.45 bits per heavy atom. The fourth-order valence-corrected chi connectivity index (χ4v) is 4.19. The van der Waals surface area contributed by atoms with Crippen molar-refractivity contribution in [1.82, 2.24) is 0 Å². The number of aliphatic hydroxyl groups is 1. The summed E-state index contributed by atoms with van der Waals surface area (Å²) < 4.78 is 7.28. The molecule has 0 saturated heterocycles. The summed E-state index contributed by atoms with van der Waals surface area (Å²) in [6.45, 7) is 0. The summed E-state index contributed by atoms with van der Waals surface area (Å²) in [5, 5.41) is 11.7. The third kappa shape index (κ3) is 2.35. The van der Waals surface area contributed by atoms with Crippen LogP contribution in [0.25, 0.3) is 10.1 Å². The summed E-state index contributed by atoms with van der Waals surface area (Å²) in [5.74, 6) is 0.788. The minimum Gasteiger partial charge on any atom is -0.497 e. The molecule has 0 aliphatic heterocycles. The number of fused-ring (bicyclic) bond motifs is 1. The molecule has 3 aromatic rings. The highest BCUT2D eigenvalue weighted by atomic mass is 79.9. The molecular weight excluding hydrogens is 336 g/mol. The molecule has 1 heterocycles. The van der Waals surface area contributed by atoms with Crippen molar-refractivity contribution in [1.29, 1.82) is 0 Å². The Balaban J connectivity index is 2.02.